The van der Waals surface area contributed by atoms with Gasteiger partial charge < -0.3 is 10.8 Å². The Balaban J connectivity index is 3.94. The molecule has 9 heavy (non-hydrogen) atoms. The molecule has 0 rings (SSSR count). The lowest BCUT2D eigenvalue weighted by Crippen LogP contribution is -1.87. The van der Waals surface area contributed by atoms with Crippen LogP contribution in [0.25, 0.3) is 0 Å². The summed E-state index contributed by atoms with van der Waals surface area (Å²) in [5.74, 6) is 0. The van der Waals surface area contributed by atoms with Crippen molar-refractivity contribution in [1.82, 2.24) is 0 Å². The maximum atomic E-state index is 7.11. The molecular weight excluding hydrogens is 136 g/mol. The quantitative estimate of drug-likeness (QED) is 0.571. The number of hydrogen-bond donors (Lipinski definition) is 2. The fraction of sp³-hybridized carbons (Fsp3) is 0.333. The molecular formula is C6H9ClN2. The van der Waals surface area contributed by atoms with Gasteiger partial charge in [-0.3, -0.25) is 0 Å². The Morgan fingerprint density at radius 3 is 2.56 bits per heavy atom. The molecule has 0 aliphatic carbocycles. The van der Waals surface area contributed by atoms with Crippen LogP contribution in [0.3, 0.4) is 0 Å². The van der Waals surface area contributed by atoms with Crippen LogP contribution in [0.5, 0.6) is 0 Å². The van der Waals surface area contributed by atoms with Gasteiger partial charge in [-0.2, -0.15) is 0 Å². The van der Waals surface area contributed by atoms with E-state index in [1.165, 1.54) is 6.08 Å². The first-order valence-corrected chi connectivity index (χ1v) is 3.03. The topological polar surface area (TPSA) is 47.7 Å². The Morgan fingerprint density at radius 2 is 2.22 bits per heavy atom. The first kappa shape index (κ1) is 8.37. The van der Waals surface area contributed by atoms with Crippen molar-refractivity contribution >= 4 is 23.5 Å². The summed E-state index contributed by atoms with van der Waals surface area (Å²) in [4.78, 5) is 0. The van der Waals surface area contributed by atoms with Crippen LogP contribution in [0.2, 0.25) is 0 Å². The molecule has 0 spiro atoms. The molecule has 2 nitrogen and oxygen atoms in total. The maximum Gasteiger partial charge on any atom is 0.0599 e. The van der Waals surface area contributed by atoms with Crippen LogP contribution in [-0.4, -0.2) is 11.9 Å². The van der Waals surface area contributed by atoms with Gasteiger partial charge in [0.1, 0.15) is 0 Å². The smallest absolute Gasteiger partial charge is 0.0599 e. The number of hydrogen-bond acceptors (Lipinski definition) is 2. The molecule has 50 valence electrons. The van der Waals surface area contributed by atoms with E-state index in [2.05, 4.69) is 0 Å². The molecule has 0 aromatic heterocycles. The Morgan fingerprint density at radius 1 is 1.67 bits per heavy atom. The molecule has 0 unspecified atom stereocenters. The number of halogens is 1. The Hall–Kier alpha value is -0.630. The highest BCUT2D eigenvalue weighted by molar-refractivity contribution is 6.40. The maximum absolute atomic E-state index is 7.11. The molecule has 0 atom stereocenters. The summed E-state index contributed by atoms with van der Waals surface area (Å²) >= 11 is 5.42. The molecule has 0 amide bonds. The van der Waals surface area contributed by atoms with Gasteiger partial charge in [-0.05, 0) is 12.5 Å². The largest absolute Gasteiger partial charge is 0.307 e. The highest BCUT2D eigenvalue weighted by atomic mass is 35.5. The van der Waals surface area contributed by atoms with E-state index in [0.29, 0.717) is 17.2 Å². The zero-order valence-electron chi connectivity index (χ0n) is 5.24. The van der Waals surface area contributed by atoms with Gasteiger partial charge in [-0.25, -0.2) is 0 Å². The third kappa shape index (κ3) is 3.91. The lowest BCUT2D eigenvalue weighted by atomic mass is 10.3. The molecule has 0 aliphatic rings. The second-order valence-corrected chi connectivity index (χ2v) is 1.99. The SMILES string of the molecule is CCC(=N)/C=C(/Cl)C=N. The average Bonchev–Trinajstić information content (AvgIpc) is 1.87. The summed E-state index contributed by atoms with van der Waals surface area (Å²) < 4.78 is 0. The van der Waals surface area contributed by atoms with Crippen molar-refractivity contribution in [3.8, 4) is 0 Å². The molecule has 0 radical (unpaired) electrons. The highest BCUT2D eigenvalue weighted by Gasteiger charge is 1.87. The van der Waals surface area contributed by atoms with E-state index in [1.807, 2.05) is 6.92 Å². The van der Waals surface area contributed by atoms with E-state index in [9.17, 15) is 0 Å². The standard InChI is InChI=1S/C6H9ClN2/c1-2-6(9)3-5(7)4-8/h3-4,8-9H,2H2,1H3/b5-3+,8-4?,9-6?. The van der Waals surface area contributed by atoms with Crippen molar-refractivity contribution in [2.45, 2.75) is 13.3 Å². The van der Waals surface area contributed by atoms with Gasteiger partial charge in [-0.1, -0.05) is 18.5 Å². The van der Waals surface area contributed by atoms with Crippen LogP contribution in [-0.2, 0) is 0 Å². The van der Waals surface area contributed by atoms with E-state index in [4.69, 9.17) is 22.4 Å². The monoisotopic (exact) mass is 144 g/mol. The van der Waals surface area contributed by atoms with Crippen molar-refractivity contribution in [3.05, 3.63) is 11.1 Å². The molecule has 0 aliphatic heterocycles. The molecule has 0 bridgehead atoms. The third-order valence-corrected chi connectivity index (χ3v) is 1.05. The van der Waals surface area contributed by atoms with Gasteiger partial charge in [0.2, 0.25) is 0 Å². The number of nitrogens with one attached hydrogen (secondary N) is 2. The van der Waals surface area contributed by atoms with Gasteiger partial charge in [0.05, 0.1) is 5.03 Å². The minimum absolute atomic E-state index is 0.307. The second-order valence-electron chi connectivity index (χ2n) is 1.55. The fourth-order valence-corrected chi connectivity index (χ4v) is 0.442. The van der Waals surface area contributed by atoms with Gasteiger partial charge in [0, 0.05) is 11.9 Å². The third-order valence-electron chi connectivity index (χ3n) is 0.831. The second kappa shape index (κ2) is 4.27. The van der Waals surface area contributed by atoms with Gasteiger partial charge >= 0.3 is 0 Å². The molecule has 2 N–H and O–H groups in total. The summed E-state index contributed by atoms with van der Waals surface area (Å²) in [7, 11) is 0. The molecule has 0 saturated heterocycles. The minimum atomic E-state index is 0.307. The van der Waals surface area contributed by atoms with Gasteiger partial charge in [0.15, 0.2) is 0 Å². The lowest BCUT2D eigenvalue weighted by molar-refractivity contribution is 1.26. The Bertz CT molecular complexity index is 149. The molecule has 0 fully saturated rings. The van der Waals surface area contributed by atoms with E-state index in [-0.39, 0.29) is 0 Å². The summed E-state index contributed by atoms with van der Waals surface area (Å²) in [6, 6.07) is 0. The van der Waals surface area contributed by atoms with Crippen LogP contribution >= 0.6 is 11.6 Å². The Kier molecular flexibility index (Phi) is 3.97. The molecule has 0 heterocycles. The van der Waals surface area contributed by atoms with Crippen LogP contribution in [0.4, 0.5) is 0 Å². The van der Waals surface area contributed by atoms with Crippen LogP contribution in [0, 0.1) is 10.8 Å². The normalized spacial score (nSPS) is 11.1. The zero-order valence-corrected chi connectivity index (χ0v) is 6.00. The van der Waals surface area contributed by atoms with Crippen molar-refractivity contribution < 1.29 is 0 Å². The van der Waals surface area contributed by atoms with Gasteiger partial charge in [-0.15, -0.1) is 0 Å². The van der Waals surface area contributed by atoms with Crippen molar-refractivity contribution in [3.63, 3.8) is 0 Å². The van der Waals surface area contributed by atoms with Crippen LogP contribution < -0.4 is 0 Å². The highest BCUT2D eigenvalue weighted by Crippen LogP contribution is 1.97. The zero-order chi connectivity index (χ0) is 7.28. The van der Waals surface area contributed by atoms with E-state index in [0.717, 1.165) is 6.21 Å². The molecule has 0 aromatic rings. The van der Waals surface area contributed by atoms with E-state index in [1.54, 1.807) is 0 Å². The first-order valence-electron chi connectivity index (χ1n) is 2.65. The van der Waals surface area contributed by atoms with E-state index < -0.39 is 0 Å². The van der Waals surface area contributed by atoms with Crippen molar-refractivity contribution in [1.29, 1.82) is 10.8 Å². The summed E-state index contributed by atoms with van der Waals surface area (Å²) in [6.07, 6.45) is 3.14. The predicted octanol–water partition coefficient (Wildman–Crippen LogP) is 2.19. The fourth-order valence-electron chi connectivity index (χ4n) is 0.310. The summed E-state index contributed by atoms with van der Waals surface area (Å²) in [6.45, 7) is 1.87. The Labute approximate surface area is 59.5 Å². The molecule has 3 heteroatoms. The van der Waals surface area contributed by atoms with E-state index >= 15 is 0 Å². The van der Waals surface area contributed by atoms with Crippen LogP contribution in [0.15, 0.2) is 11.1 Å². The summed E-state index contributed by atoms with van der Waals surface area (Å²) in [5, 5.41) is 14.1. The van der Waals surface area contributed by atoms with Crippen LogP contribution in [0.1, 0.15) is 13.3 Å². The predicted molar refractivity (Wildman–Crippen MR) is 40.7 cm³/mol. The summed E-state index contributed by atoms with van der Waals surface area (Å²) in [5.41, 5.74) is 0.448. The average molecular weight is 145 g/mol. The number of allylic oxidation sites excluding steroid dienone is 2. The van der Waals surface area contributed by atoms with Crippen molar-refractivity contribution in [2.24, 2.45) is 0 Å². The molecule has 0 saturated carbocycles. The van der Waals surface area contributed by atoms with Crippen molar-refractivity contribution in [2.75, 3.05) is 0 Å². The lowest BCUT2D eigenvalue weighted by Gasteiger charge is -1.88. The number of rotatable bonds is 3. The van der Waals surface area contributed by atoms with Gasteiger partial charge in [0.25, 0.3) is 0 Å². The molecule has 0 aromatic carbocycles. The minimum Gasteiger partial charge on any atom is -0.307 e. The first-order chi connectivity index (χ1) is 4.20.